The molecule has 1 fully saturated rings. The van der Waals surface area contributed by atoms with E-state index in [1.165, 1.54) is 6.20 Å². The van der Waals surface area contributed by atoms with Crippen LogP contribution < -0.4 is 11.2 Å². The third-order valence-electron chi connectivity index (χ3n) is 5.21. The summed E-state index contributed by atoms with van der Waals surface area (Å²) in [5.41, 5.74) is 0.723. The molecule has 3 N–H and O–H groups in total. The predicted molar refractivity (Wildman–Crippen MR) is 112 cm³/mol. The van der Waals surface area contributed by atoms with Gasteiger partial charge in [-0.3, -0.25) is 18.9 Å². The highest BCUT2D eigenvalue weighted by molar-refractivity contribution is 6.33. The number of aliphatic hydroxyl groups excluding tert-OH is 3. The average Bonchev–Trinajstić information content (AvgIpc) is 3.05. The van der Waals surface area contributed by atoms with Gasteiger partial charge in [0.2, 0.25) is 0 Å². The van der Waals surface area contributed by atoms with Crippen molar-refractivity contribution < 1.29 is 20.1 Å². The molecule has 10 heteroatoms. The second-order valence-corrected chi connectivity index (χ2v) is 7.58. The van der Waals surface area contributed by atoms with Crippen molar-refractivity contribution in [1.29, 1.82) is 0 Å². The minimum atomic E-state index is -1.44. The molecule has 9 nitrogen and oxygen atoms in total. The summed E-state index contributed by atoms with van der Waals surface area (Å²) in [4.78, 5) is 29.6. The van der Waals surface area contributed by atoms with Crippen LogP contribution in [0.3, 0.4) is 0 Å². The normalized spacial score (nSPS) is 23.2. The van der Waals surface area contributed by atoms with Crippen molar-refractivity contribution in [2.75, 3.05) is 6.61 Å². The minimum Gasteiger partial charge on any atom is -0.394 e. The van der Waals surface area contributed by atoms with E-state index in [-0.39, 0.29) is 6.54 Å². The van der Waals surface area contributed by atoms with E-state index in [0.29, 0.717) is 10.7 Å². The van der Waals surface area contributed by atoms with Gasteiger partial charge in [-0.2, -0.15) is 0 Å². The van der Waals surface area contributed by atoms with E-state index in [9.17, 15) is 24.9 Å². The summed E-state index contributed by atoms with van der Waals surface area (Å²) in [5, 5.41) is 30.0. The van der Waals surface area contributed by atoms with E-state index in [0.717, 1.165) is 26.3 Å². The number of nitrogens with zero attached hydrogens (tertiary/aromatic N) is 3. The molecule has 0 radical (unpaired) electrons. The third-order valence-corrected chi connectivity index (χ3v) is 5.54. The van der Waals surface area contributed by atoms with Gasteiger partial charge in [0.15, 0.2) is 6.23 Å². The first kappa shape index (κ1) is 21.4. The minimum absolute atomic E-state index is 0.119. The van der Waals surface area contributed by atoms with Crippen LogP contribution in [0.25, 0.3) is 11.1 Å². The Kier molecular flexibility index (Phi) is 6.03. The summed E-state index contributed by atoms with van der Waals surface area (Å²) in [6, 6.07) is 11.9. The van der Waals surface area contributed by atoms with Gasteiger partial charge in [-0.05, 0) is 23.8 Å². The molecule has 0 spiro atoms. The molecule has 0 amide bonds. The fraction of sp³-hybridized carbons (Fsp3) is 0.286. The first-order chi connectivity index (χ1) is 14.9. The molecule has 2 aromatic heterocycles. The fourth-order valence-electron chi connectivity index (χ4n) is 3.57. The molecule has 0 bridgehead atoms. The van der Waals surface area contributed by atoms with Gasteiger partial charge in [0.25, 0.3) is 5.56 Å². The second kappa shape index (κ2) is 8.74. The lowest BCUT2D eigenvalue weighted by Gasteiger charge is -2.18. The van der Waals surface area contributed by atoms with Crippen LogP contribution in [-0.4, -0.2) is 54.4 Å². The molecule has 1 aromatic carbocycles. The van der Waals surface area contributed by atoms with Crippen LogP contribution in [0.2, 0.25) is 5.02 Å². The third kappa shape index (κ3) is 4.06. The van der Waals surface area contributed by atoms with Crippen molar-refractivity contribution >= 4 is 11.6 Å². The van der Waals surface area contributed by atoms with Gasteiger partial charge >= 0.3 is 5.69 Å². The van der Waals surface area contributed by atoms with Crippen molar-refractivity contribution in [1.82, 2.24) is 14.1 Å². The summed E-state index contributed by atoms with van der Waals surface area (Å²) in [6.45, 7) is -0.645. The Bertz CT molecular complexity index is 1210. The van der Waals surface area contributed by atoms with Crippen LogP contribution in [0.4, 0.5) is 0 Å². The predicted octanol–water partition coefficient (Wildman–Crippen LogP) is 0.385. The molecular formula is C21H20ClN3O6. The van der Waals surface area contributed by atoms with Crippen LogP contribution in [0.5, 0.6) is 0 Å². The van der Waals surface area contributed by atoms with Gasteiger partial charge in [-0.1, -0.05) is 29.8 Å². The smallest absolute Gasteiger partial charge is 0.333 e. The molecule has 31 heavy (non-hydrogen) atoms. The van der Waals surface area contributed by atoms with E-state index >= 15 is 0 Å². The lowest BCUT2D eigenvalue weighted by atomic mass is 10.1. The van der Waals surface area contributed by atoms with E-state index in [1.54, 1.807) is 24.4 Å². The Balaban J connectivity index is 1.69. The monoisotopic (exact) mass is 445 g/mol. The molecule has 1 saturated heterocycles. The number of halogens is 1. The Morgan fingerprint density at radius 1 is 1.10 bits per heavy atom. The number of ether oxygens (including phenoxy) is 1. The van der Waals surface area contributed by atoms with Crippen LogP contribution in [0, 0.1) is 0 Å². The molecule has 2 unspecified atom stereocenters. The van der Waals surface area contributed by atoms with E-state index in [1.807, 2.05) is 18.2 Å². The molecule has 162 valence electrons. The topological polar surface area (TPSA) is 127 Å². The Morgan fingerprint density at radius 2 is 1.87 bits per heavy atom. The zero-order valence-corrected chi connectivity index (χ0v) is 17.0. The SMILES string of the molecule is O=c1ccn([C@@H]2O[C@H](CO)C(O)C2O)c(=O)n1Cc1cc(-c2ccccc2Cl)ccn1. The maximum Gasteiger partial charge on any atom is 0.333 e. The number of hydrogen-bond donors (Lipinski definition) is 3. The van der Waals surface area contributed by atoms with Gasteiger partial charge in [-0.25, -0.2) is 4.79 Å². The van der Waals surface area contributed by atoms with E-state index in [2.05, 4.69) is 4.98 Å². The van der Waals surface area contributed by atoms with Crippen LogP contribution in [0.1, 0.15) is 11.9 Å². The number of hydrogen-bond acceptors (Lipinski definition) is 7. The summed E-state index contributed by atoms with van der Waals surface area (Å²) < 4.78 is 7.37. The summed E-state index contributed by atoms with van der Waals surface area (Å²) in [5.74, 6) is 0. The highest BCUT2D eigenvalue weighted by Gasteiger charge is 2.43. The average molecular weight is 446 g/mol. The molecule has 1 aliphatic rings. The molecule has 4 rings (SSSR count). The number of aromatic nitrogens is 3. The largest absolute Gasteiger partial charge is 0.394 e. The maximum atomic E-state index is 13.0. The lowest BCUT2D eigenvalue weighted by Crippen LogP contribution is -2.43. The lowest BCUT2D eigenvalue weighted by molar-refractivity contribution is -0.0555. The molecular weight excluding hydrogens is 426 g/mol. The first-order valence-electron chi connectivity index (χ1n) is 9.55. The molecule has 0 aliphatic carbocycles. The standard InChI is InChI=1S/C21H20ClN3O6/c22-15-4-2-1-3-14(15)12-5-7-23-13(9-12)10-25-17(27)6-8-24(21(25)30)20-19(29)18(28)16(11-26)31-20/h1-9,16,18-20,26,28-29H,10-11H2/t16-,18?,19?,20-/m1/s1. The van der Waals surface area contributed by atoms with Crippen molar-refractivity contribution in [2.24, 2.45) is 0 Å². The zero-order chi connectivity index (χ0) is 22.1. The fourth-order valence-corrected chi connectivity index (χ4v) is 3.81. The quantitative estimate of drug-likeness (QED) is 0.518. The number of aliphatic hydroxyl groups is 3. The zero-order valence-electron chi connectivity index (χ0n) is 16.2. The Labute approximate surface area is 181 Å². The summed E-state index contributed by atoms with van der Waals surface area (Å²) in [7, 11) is 0. The number of rotatable bonds is 5. The van der Waals surface area contributed by atoms with Gasteiger partial charge in [-0.15, -0.1) is 0 Å². The number of benzene rings is 1. The van der Waals surface area contributed by atoms with Gasteiger partial charge in [0.1, 0.15) is 18.3 Å². The van der Waals surface area contributed by atoms with Crippen LogP contribution in [-0.2, 0) is 11.3 Å². The Hall–Kier alpha value is -2.82. The maximum absolute atomic E-state index is 13.0. The molecule has 1 aliphatic heterocycles. The van der Waals surface area contributed by atoms with Crippen LogP contribution in [0.15, 0.2) is 64.4 Å². The molecule has 3 heterocycles. The Morgan fingerprint density at radius 3 is 2.58 bits per heavy atom. The van der Waals surface area contributed by atoms with Crippen molar-refractivity contribution in [3.05, 3.63) is 86.4 Å². The van der Waals surface area contributed by atoms with Crippen molar-refractivity contribution in [2.45, 2.75) is 31.1 Å². The first-order valence-corrected chi connectivity index (χ1v) is 9.92. The van der Waals surface area contributed by atoms with E-state index < -0.39 is 42.4 Å². The van der Waals surface area contributed by atoms with Gasteiger partial charge < -0.3 is 20.1 Å². The molecule has 3 aromatic rings. The molecule has 4 atom stereocenters. The van der Waals surface area contributed by atoms with Gasteiger partial charge in [0, 0.05) is 29.0 Å². The highest BCUT2D eigenvalue weighted by atomic mass is 35.5. The second-order valence-electron chi connectivity index (χ2n) is 7.17. The number of pyridine rings is 1. The van der Waals surface area contributed by atoms with E-state index in [4.69, 9.17) is 16.3 Å². The van der Waals surface area contributed by atoms with Crippen molar-refractivity contribution in [3.8, 4) is 11.1 Å². The summed E-state index contributed by atoms with van der Waals surface area (Å²) in [6.07, 6.45) is -2.34. The summed E-state index contributed by atoms with van der Waals surface area (Å²) >= 11 is 6.26. The van der Waals surface area contributed by atoms with Crippen LogP contribution >= 0.6 is 11.6 Å². The van der Waals surface area contributed by atoms with Gasteiger partial charge in [0.05, 0.1) is 18.8 Å². The highest BCUT2D eigenvalue weighted by Crippen LogP contribution is 2.28. The molecule has 0 saturated carbocycles. The van der Waals surface area contributed by atoms with Crippen molar-refractivity contribution in [3.63, 3.8) is 0 Å².